The van der Waals surface area contributed by atoms with Crippen molar-refractivity contribution < 1.29 is 39.7 Å². The van der Waals surface area contributed by atoms with Gasteiger partial charge in [0, 0.05) is 36.6 Å². The maximum absolute atomic E-state index is 11.4. The fourth-order valence-corrected chi connectivity index (χ4v) is 6.58. The third-order valence-electron chi connectivity index (χ3n) is 7.78. The van der Waals surface area contributed by atoms with Crippen molar-refractivity contribution in [1.29, 1.82) is 0 Å². The number of fused-ring (bicyclic) bond motifs is 4. The molecule has 2 heterocycles. The standard InChI is InChI=1S/C33H32N2O8S2/c1-2-23(17-32-34(13-7-15-44(36,37)38)28-19-24-9-3-5-11-26(24)21-30(28)42-32)18-33-35(14-8-16-45(39,40)41)29-20-25-10-4-6-12-27(25)22-31(29)43-33/h3-6,9-12,17-22H,2,7-8,13-16H2,1H3,(H-,36,37,38,39,40,41)/p-1. The molecule has 0 spiro atoms. The largest absolute Gasteiger partial charge is 0.748 e. The molecule has 0 unspecified atom stereocenters. The summed E-state index contributed by atoms with van der Waals surface area (Å²) in [4.78, 5) is 1.87. The Kier molecular flexibility index (Phi) is 8.40. The number of allylic oxidation sites excluding steroid dienone is 2. The van der Waals surface area contributed by atoms with Gasteiger partial charge in [0.1, 0.15) is 0 Å². The van der Waals surface area contributed by atoms with Crippen molar-refractivity contribution in [3.8, 4) is 5.75 Å². The number of oxazole rings is 1. The molecule has 1 aliphatic heterocycles. The normalized spacial score (nSPS) is 15.0. The summed E-state index contributed by atoms with van der Waals surface area (Å²) in [6, 6.07) is 23.5. The van der Waals surface area contributed by atoms with E-state index in [0.29, 0.717) is 29.5 Å². The van der Waals surface area contributed by atoms with Gasteiger partial charge in [-0.05, 0) is 58.2 Å². The summed E-state index contributed by atoms with van der Waals surface area (Å²) in [6.07, 6.45) is 4.51. The van der Waals surface area contributed by atoms with Gasteiger partial charge in [-0.15, -0.1) is 0 Å². The van der Waals surface area contributed by atoms with Gasteiger partial charge in [-0.2, -0.15) is 4.57 Å². The molecule has 0 saturated carbocycles. The first-order valence-corrected chi connectivity index (χ1v) is 17.8. The minimum atomic E-state index is -4.38. The molecule has 1 aromatic heterocycles. The van der Waals surface area contributed by atoms with Crippen molar-refractivity contribution in [3.05, 3.63) is 96.2 Å². The van der Waals surface area contributed by atoms with E-state index < -0.39 is 31.7 Å². The highest BCUT2D eigenvalue weighted by molar-refractivity contribution is 7.85. The molecular formula is C33H31N2O8S2-. The molecule has 0 atom stereocenters. The molecule has 0 fully saturated rings. The second kappa shape index (κ2) is 12.3. The molecule has 4 aromatic carbocycles. The zero-order valence-corrected chi connectivity index (χ0v) is 26.1. The first-order chi connectivity index (χ1) is 21.5. The van der Waals surface area contributed by atoms with E-state index in [9.17, 15) is 25.9 Å². The molecule has 12 heteroatoms. The molecule has 5 aromatic rings. The van der Waals surface area contributed by atoms with Crippen LogP contribution < -0.4 is 14.2 Å². The van der Waals surface area contributed by atoms with Crippen molar-refractivity contribution in [1.82, 2.24) is 0 Å². The second-order valence-corrected chi connectivity index (χ2v) is 14.0. The first kappa shape index (κ1) is 30.8. The number of aryl methyl sites for hydroxylation is 1. The Hall–Kier alpha value is -4.23. The topological polar surface area (TPSA) is 144 Å². The number of ether oxygens (including phenoxy) is 1. The van der Waals surface area contributed by atoms with E-state index in [0.717, 1.165) is 38.3 Å². The third-order valence-corrected chi connectivity index (χ3v) is 9.35. The SMILES string of the molecule is CCC(=Cc1oc2cc3ccccc3cc2[n+]1CCCS(=O)(=O)[O-])C=C1Oc2cc3ccccc3cc2N1CCCS(=O)(=O)[O-]. The van der Waals surface area contributed by atoms with Crippen molar-refractivity contribution >= 4 is 64.6 Å². The zero-order chi connectivity index (χ0) is 31.8. The van der Waals surface area contributed by atoms with Crippen molar-refractivity contribution in [2.75, 3.05) is 23.0 Å². The monoisotopic (exact) mass is 647 g/mol. The maximum atomic E-state index is 11.4. The molecule has 234 valence electrons. The van der Waals surface area contributed by atoms with E-state index in [-0.39, 0.29) is 25.9 Å². The van der Waals surface area contributed by atoms with Gasteiger partial charge in [0.15, 0.2) is 12.3 Å². The Morgan fingerprint density at radius 3 is 2.09 bits per heavy atom. The van der Waals surface area contributed by atoms with Gasteiger partial charge in [0.25, 0.3) is 5.52 Å². The van der Waals surface area contributed by atoms with Gasteiger partial charge in [-0.1, -0.05) is 55.5 Å². The summed E-state index contributed by atoms with van der Waals surface area (Å²) in [5.74, 6) is 0.570. The van der Waals surface area contributed by atoms with Crippen LogP contribution in [0, 0.1) is 0 Å². The summed E-state index contributed by atoms with van der Waals surface area (Å²) in [7, 11) is -8.77. The second-order valence-electron chi connectivity index (χ2n) is 11.0. The summed E-state index contributed by atoms with van der Waals surface area (Å²) >= 11 is 0. The summed E-state index contributed by atoms with van der Waals surface area (Å²) < 4.78 is 82.6. The van der Waals surface area contributed by atoms with Gasteiger partial charge >= 0.3 is 5.89 Å². The molecule has 45 heavy (non-hydrogen) atoms. The van der Waals surface area contributed by atoms with Gasteiger partial charge < -0.3 is 23.2 Å². The molecule has 0 N–H and O–H groups in total. The van der Waals surface area contributed by atoms with Crippen LogP contribution in [-0.2, 0) is 26.8 Å². The highest BCUT2D eigenvalue weighted by Crippen LogP contribution is 2.42. The Balaban J connectivity index is 1.41. The van der Waals surface area contributed by atoms with Crippen molar-refractivity contribution in [2.24, 2.45) is 0 Å². The first-order valence-electron chi connectivity index (χ1n) is 14.6. The lowest BCUT2D eigenvalue weighted by Gasteiger charge is -2.19. The fourth-order valence-electron chi connectivity index (χ4n) is 5.61. The molecule has 1 aliphatic rings. The number of rotatable bonds is 11. The average molecular weight is 648 g/mol. The Morgan fingerprint density at radius 2 is 1.44 bits per heavy atom. The van der Waals surface area contributed by atoms with Crippen LogP contribution in [0.4, 0.5) is 5.69 Å². The van der Waals surface area contributed by atoms with Crippen LogP contribution >= 0.6 is 0 Å². The number of benzene rings is 4. The number of anilines is 1. The van der Waals surface area contributed by atoms with Gasteiger partial charge in [0.2, 0.25) is 11.5 Å². The van der Waals surface area contributed by atoms with Crippen LogP contribution in [-0.4, -0.2) is 44.0 Å². The molecule has 0 aliphatic carbocycles. The third kappa shape index (κ3) is 7.04. The van der Waals surface area contributed by atoms with E-state index >= 15 is 0 Å². The predicted molar refractivity (Wildman–Crippen MR) is 171 cm³/mol. The number of hydrogen-bond donors (Lipinski definition) is 0. The molecule has 0 saturated heterocycles. The van der Waals surface area contributed by atoms with Crippen LogP contribution in [0.25, 0.3) is 38.7 Å². The molecular weight excluding hydrogens is 617 g/mol. The number of aromatic nitrogens is 1. The van der Waals surface area contributed by atoms with Gasteiger partial charge in [-0.3, -0.25) is 0 Å². The van der Waals surface area contributed by atoms with E-state index in [1.54, 1.807) is 0 Å². The molecule has 0 radical (unpaired) electrons. The number of nitrogens with zero attached hydrogens (tertiary/aromatic N) is 2. The van der Waals surface area contributed by atoms with Gasteiger partial charge in [-0.25, -0.2) is 16.8 Å². The van der Waals surface area contributed by atoms with E-state index in [4.69, 9.17) is 9.15 Å². The molecule has 6 rings (SSSR count). The van der Waals surface area contributed by atoms with Crippen LogP contribution in [0.2, 0.25) is 0 Å². The Bertz CT molecular complexity index is 2200. The minimum absolute atomic E-state index is 0.115. The van der Waals surface area contributed by atoms with Crippen LogP contribution in [0.1, 0.15) is 32.1 Å². The lowest BCUT2D eigenvalue weighted by Crippen LogP contribution is -2.36. The van der Waals surface area contributed by atoms with E-state index in [2.05, 4.69) is 0 Å². The fraction of sp³-hybridized carbons (Fsp3) is 0.242. The van der Waals surface area contributed by atoms with Crippen molar-refractivity contribution in [3.63, 3.8) is 0 Å². The molecule has 0 bridgehead atoms. The van der Waals surface area contributed by atoms with Gasteiger partial charge in [0.05, 0.1) is 32.0 Å². The highest BCUT2D eigenvalue weighted by atomic mass is 32.2. The summed E-state index contributed by atoms with van der Waals surface area (Å²) in [6.45, 7) is 2.46. The van der Waals surface area contributed by atoms with Crippen LogP contribution in [0.15, 0.2) is 94.7 Å². The lowest BCUT2D eigenvalue weighted by atomic mass is 10.1. The summed E-state index contributed by atoms with van der Waals surface area (Å²) in [5, 5.41) is 3.96. The number of hydrogen-bond acceptors (Lipinski definition) is 9. The minimum Gasteiger partial charge on any atom is -0.748 e. The van der Waals surface area contributed by atoms with Crippen molar-refractivity contribution in [2.45, 2.75) is 32.7 Å². The Labute approximate surface area is 261 Å². The average Bonchev–Trinajstić information content (AvgIpc) is 3.48. The quantitative estimate of drug-likeness (QED) is 0.135. The zero-order valence-electron chi connectivity index (χ0n) is 24.5. The predicted octanol–water partition coefficient (Wildman–Crippen LogP) is 5.43. The van der Waals surface area contributed by atoms with E-state index in [1.807, 2.05) is 101 Å². The molecule has 0 amide bonds. The Morgan fingerprint density at radius 1 is 0.844 bits per heavy atom. The smallest absolute Gasteiger partial charge is 0.374 e. The summed E-state index contributed by atoms with van der Waals surface area (Å²) in [5.41, 5.74) is 2.97. The van der Waals surface area contributed by atoms with Crippen LogP contribution in [0.3, 0.4) is 0 Å². The lowest BCUT2D eigenvalue weighted by molar-refractivity contribution is -0.677. The maximum Gasteiger partial charge on any atom is 0.374 e. The van der Waals surface area contributed by atoms with Crippen LogP contribution in [0.5, 0.6) is 5.75 Å². The van der Waals surface area contributed by atoms with E-state index in [1.165, 1.54) is 0 Å². The molecule has 10 nitrogen and oxygen atoms in total. The highest BCUT2D eigenvalue weighted by Gasteiger charge is 2.28.